The molecule has 10 heteroatoms. The molecule has 3 aromatic rings. The van der Waals surface area contributed by atoms with Crippen LogP contribution in [0.4, 0.5) is 0 Å². The lowest BCUT2D eigenvalue weighted by molar-refractivity contribution is 0.0947. The van der Waals surface area contributed by atoms with Crippen LogP contribution >= 0.6 is 11.8 Å². The third kappa shape index (κ3) is 6.39. The molecule has 0 radical (unpaired) electrons. The average molecular weight is 461 g/mol. The molecule has 3 rings (SSSR count). The molecule has 2 N–H and O–H groups in total. The van der Waals surface area contributed by atoms with Gasteiger partial charge in [-0.2, -0.15) is 0 Å². The molecule has 0 spiro atoms. The summed E-state index contributed by atoms with van der Waals surface area (Å²) >= 11 is 1.39. The normalized spacial score (nSPS) is 11.6. The van der Waals surface area contributed by atoms with E-state index in [0.29, 0.717) is 21.9 Å². The van der Waals surface area contributed by atoms with Gasteiger partial charge in [0.2, 0.25) is 10.0 Å². The number of nitrogens with one attached hydrogen (secondary N) is 2. The largest absolute Gasteiger partial charge is 0.361 e. The van der Waals surface area contributed by atoms with E-state index in [9.17, 15) is 13.2 Å². The Hall–Kier alpha value is -2.69. The van der Waals surface area contributed by atoms with Gasteiger partial charge in [0.15, 0.2) is 0 Å². The molecule has 0 saturated carbocycles. The summed E-state index contributed by atoms with van der Waals surface area (Å²) in [7, 11) is -3.60. The number of rotatable bonds is 9. The quantitative estimate of drug-likeness (QED) is 0.471. The molecule has 0 atom stereocenters. The zero-order chi connectivity index (χ0) is 22.4. The molecule has 0 aliphatic heterocycles. The lowest BCUT2D eigenvalue weighted by Crippen LogP contribution is -2.30. The number of thioether (sulfide) groups is 1. The second kappa shape index (κ2) is 10.1. The van der Waals surface area contributed by atoms with Crippen LogP contribution in [0.15, 0.2) is 63.1 Å². The van der Waals surface area contributed by atoms with Gasteiger partial charge < -0.3 is 9.84 Å². The maximum Gasteiger partial charge on any atom is 0.254 e. The van der Waals surface area contributed by atoms with E-state index in [0.717, 1.165) is 11.5 Å². The fourth-order valence-corrected chi connectivity index (χ4v) is 4.98. The minimum Gasteiger partial charge on any atom is -0.361 e. The first-order valence-electron chi connectivity index (χ1n) is 9.64. The Morgan fingerprint density at radius 3 is 2.71 bits per heavy atom. The first kappa shape index (κ1) is 23.0. The molecule has 8 nitrogen and oxygen atoms in total. The van der Waals surface area contributed by atoms with Crippen LogP contribution in [0.3, 0.4) is 0 Å². The van der Waals surface area contributed by atoms with Gasteiger partial charge in [-0.15, -0.1) is 0 Å². The molecular weight excluding hydrogens is 436 g/mol. The Balaban J connectivity index is 1.67. The zero-order valence-electron chi connectivity index (χ0n) is 17.5. The number of sulfonamides is 1. The number of aryl methyl sites for hydroxylation is 1. The van der Waals surface area contributed by atoms with Gasteiger partial charge in [-0.25, -0.2) is 18.1 Å². The predicted molar refractivity (Wildman–Crippen MR) is 118 cm³/mol. The minimum absolute atomic E-state index is 0.161. The van der Waals surface area contributed by atoms with E-state index in [1.165, 1.54) is 17.8 Å². The van der Waals surface area contributed by atoms with Gasteiger partial charge in [-0.05, 0) is 50.6 Å². The van der Waals surface area contributed by atoms with Gasteiger partial charge in [0, 0.05) is 30.6 Å². The van der Waals surface area contributed by atoms with Gasteiger partial charge in [0.25, 0.3) is 5.91 Å². The number of hydrogen-bond donors (Lipinski definition) is 2. The van der Waals surface area contributed by atoms with E-state index in [4.69, 9.17) is 4.52 Å². The minimum atomic E-state index is -3.60. The zero-order valence-corrected chi connectivity index (χ0v) is 19.1. The van der Waals surface area contributed by atoms with Crippen molar-refractivity contribution in [2.24, 2.45) is 0 Å². The molecule has 0 aliphatic carbocycles. The fraction of sp³-hybridized carbons (Fsp3) is 0.286. The van der Waals surface area contributed by atoms with Crippen molar-refractivity contribution >= 4 is 27.7 Å². The Morgan fingerprint density at radius 2 is 2.00 bits per heavy atom. The lowest BCUT2D eigenvalue weighted by Gasteiger charge is -2.12. The summed E-state index contributed by atoms with van der Waals surface area (Å²) in [4.78, 5) is 17.2. The Morgan fingerprint density at radius 1 is 1.19 bits per heavy atom. The summed E-state index contributed by atoms with van der Waals surface area (Å²) in [6.45, 7) is 5.52. The van der Waals surface area contributed by atoms with Crippen LogP contribution < -0.4 is 10.0 Å². The molecule has 1 amide bonds. The highest BCUT2D eigenvalue weighted by atomic mass is 32.2. The van der Waals surface area contributed by atoms with Crippen molar-refractivity contribution in [2.45, 2.75) is 49.0 Å². The number of carbonyl (C=O) groups is 1. The predicted octanol–water partition coefficient (Wildman–Crippen LogP) is 3.29. The lowest BCUT2D eigenvalue weighted by atomic mass is 10.2. The highest BCUT2D eigenvalue weighted by molar-refractivity contribution is 7.98. The molecule has 31 heavy (non-hydrogen) atoms. The van der Waals surface area contributed by atoms with E-state index in [-0.39, 0.29) is 23.4 Å². The summed E-state index contributed by atoms with van der Waals surface area (Å²) in [5, 5.41) is 7.37. The Kier molecular flexibility index (Phi) is 7.47. The summed E-state index contributed by atoms with van der Waals surface area (Å²) in [6.07, 6.45) is 1.63. The highest BCUT2D eigenvalue weighted by Gasteiger charge is 2.17. The van der Waals surface area contributed by atoms with Crippen LogP contribution in [0.25, 0.3) is 0 Å². The van der Waals surface area contributed by atoms with Crippen molar-refractivity contribution < 1.29 is 17.7 Å². The molecule has 0 fully saturated rings. The Bertz CT molecular complexity index is 1160. The number of hydrogen-bond acceptors (Lipinski definition) is 7. The molecular formula is C21H24N4O4S2. The van der Waals surface area contributed by atoms with Crippen LogP contribution in [0.1, 0.15) is 41.2 Å². The molecule has 0 unspecified atom stereocenters. The Labute approximate surface area is 185 Å². The number of nitrogens with zero attached hydrogens (tertiary/aromatic N) is 2. The first-order chi connectivity index (χ1) is 14.7. The van der Waals surface area contributed by atoms with Crippen LogP contribution in [-0.2, 0) is 22.3 Å². The van der Waals surface area contributed by atoms with Gasteiger partial charge in [0.05, 0.1) is 16.2 Å². The van der Waals surface area contributed by atoms with Gasteiger partial charge >= 0.3 is 0 Å². The van der Waals surface area contributed by atoms with E-state index >= 15 is 0 Å². The molecule has 0 saturated heterocycles. The third-order valence-electron chi connectivity index (χ3n) is 4.10. The standard InChI is InChI=1S/C21H24N4O4S2/c1-14(2)25-31(27,28)18-7-4-6-16(11-18)12-23-20(26)19-8-5-9-22-21(19)30-13-17-10-15(3)29-24-17/h4-11,14,25H,12-13H2,1-3H3,(H,23,26). The smallest absolute Gasteiger partial charge is 0.254 e. The maximum atomic E-state index is 12.8. The van der Waals surface area contributed by atoms with Crippen molar-refractivity contribution in [3.05, 3.63) is 71.2 Å². The van der Waals surface area contributed by atoms with Crippen molar-refractivity contribution in [3.63, 3.8) is 0 Å². The summed E-state index contributed by atoms with van der Waals surface area (Å²) in [6, 6.07) is 11.5. The summed E-state index contributed by atoms with van der Waals surface area (Å²) in [5.41, 5.74) is 1.89. The number of aromatic nitrogens is 2. The van der Waals surface area contributed by atoms with Crippen molar-refractivity contribution in [1.82, 2.24) is 20.2 Å². The summed E-state index contributed by atoms with van der Waals surface area (Å²) in [5.74, 6) is 0.958. The molecule has 2 aromatic heterocycles. The molecule has 0 aliphatic rings. The van der Waals surface area contributed by atoms with E-state index < -0.39 is 10.0 Å². The number of amides is 1. The summed E-state index contributed by atoms with van der Waals surface area (Å²) < 4.78 is 32.4. The van der Waals surface area contributed by atoms with Crippen LogP contribution in [0.5, 0.6) is 0 Å². The van der Waals surface area contributed by atoms with Crippen molar-refractivity contribution in [2.75, 3.05) is 0 Å². The van der Waals surface area contributed by atoms with Crippen molar-refractivity contribution in [3.8, 4) is 0 Å². The van der Waals surface area contributed by atoms with E-state index in [1.54, 1.807) is 50.4 Å². The average Bonchev–Trinajstić information content (AvgIpc) is 3.15. The fourth-order valence-electron chi connectivity index (χ4n) is 2.79. The topological polar surface area (TPSA) is 114 Å². The second-order valence-electron chi connectivity index (χ2n) is 7.18. The number of carbonyl (C=O) groups excluding carboxylic acids is 1. The molecule has 1 aromatic carbocycles. The van der Waals surface area contributed by atoms with Gasteiger partial charge in [0.1, 0.15) is 10.8 Å². The molecule has 2 heterocycles. The number of benzene rings is 1. The van der Waals surface area contributed by atoms with E-state index in [1.807, 2.05) is 13.0 Å². The second-order valence-corrected chi connectivity index (χ2v) is 9.86. The number of pyridine rings is 1. The van der Waals surface area contributed by atoms with Crippen LogP contribution in [0, 0.1) is 6.92 Å². The monoisotopic (exact) mass is 460 g/mol. The van der Waals surface area contributed by atoms with Crippen LogP contribution in [0.2, 0.25) is 0 Å². The highest BCUT2D eigenvalue weighted by Crippen LogP contribution is 2.24. The van der Waals surface area contributed by atoms with E-state index in [2.05, 4.69) is 20.2 Å². The SMILES string of the molecule is Cc1cc(CSc2ncccc2C(=O)NCc2cccc(S(=O)(=O)NC(C)C)c2)no1. The van der Waals surface area contributed by atoms with Gasteiger partial charge in [-0.3, -0.25) is 4.79 Å². The van der Waals surface area contributed by atoms with Crippen molar-refractivity contribution in [1.29, 1.82) is 0 Å². The third-order valence-corrected chi connectivity index (χ3v) is 6.80. The maximum absolute atomic E-state index is 12.8. The van der Waals surface area contributed by atoms with Gasteiger partial charge in [-0.1, -0.05) is 29.1 Å². The molecule has 0 bridgehead atoms. The first-order valence-corrected chi connectivity index (χ1v) is 12.1. The molecule has 164 valence electrons. The van der Waals surface area contributed by atoms with Crippen LogP contribution in [-0.4, -0.2) is 30.5 Å².